The summed E-state index contributed by atoms with van der Waals surface area (Å²) in [7, 11) is 2.90. The van der Waals surface area contributed by atoms with E-state index >= 15 is 0 Å². The van der Waals surface area contributed by atoms with E-state index in [1.165, 1.54) is 7.11 Å². The second kappa shape index (κ2) is 9.67. The average molecular weight is 429 g/mol. The van der Waals surface area contributed by atoms with Crippen LogP contribution in [0.25, 0.3) is 11.8 Å². The van der Waals surface area contributed by atoms with Crippen LogP contribution >= 0.6 is 0 Å². The Morgan fingerprint density at radius 3 is 2.41 bits per heavy atom. The Bertz CT molecular complexity index is 1230. The van der Waals surface area contributed by atoms with Gasteiger partial charge < -0.3 is 19.4 Å². The van der Waals surface area contributed by atoms with Gasteiger partial charge in [0.05, 0.1) is 19.8 Å². The molecule has 1 N–H and O–H groups in total. The van der Waals surface area contributed by atoms with Crippen LogP contribution in [0, 0.1) is 25.2 Å². The van der Waals surface area contributed by atoms with Gasteiger partial charge in [0.15, 0.2) is 0 Å². The van der Waals surface area contributed by atoms with Gasteiger partial charge in [0, 0.05) is 22.8 Å². The summed E-state index contributed by atoms with van der Waals surface area (Å²) in [6, 6.07) is 17.8. The first kappa shape index (κ1) is 22.4. The number of nitrogens with one attached hydrogen (secondary N) is 1. The Kier molecular flexibility index (Phi) is 6.76. The SMILES string of the molecule is COC(=O)c1cccc(-n2c(C)cc(C=C(C#N)C(=O)Nc3ccc(OC)cc3)c2C)c1. The summed E-state index contributed by atoms with van der Waals surface area (Å²) in [5.41, 5.74) is 4.20. The molecule has 0 aliphatic rings. The third kappa shape index (κ3) is 4.71. The first-order chi connectivity index (χ1) is 15.4. The molecule has 7 nitrogen and oxygen atoms in total. The highest BCUT2D eigenvalue weighted by Crippen LogP contribution is 2.24. The van der Waals surface area contributed by atoms with Crippen LogP contribution in [0.1, 0.15) is 27.3 Å². The van der Waals surface area contributed by atoms with Gasteiger partial charge in [-0.1, -0.05) is 6.07 Å². The lowest BCUT2D eigenvalue weighted by Crippen LogP contribution is -2.13. The van der Waals surface area contributed by atoms with Crippen molar-refractivity contribution in [2.75, 3.05) is 19.5 Å². The molecule has 7 heteroatoms. The summed E-state index contributed by atoms with van der Waals surface area (Å²) in [5, 5.41) is 12.3. The van der Waals surface area contributed by atoms with E-state index < -0.39 is 11.9 Å². The summed E-state index contributed by atoms with van der Waals surface area (Å²) in [6.07, 6.45) is 1.56. The minimum Gasteiger partial charge on any atom is -0.497 e. The molecule has 1 amide bonds. The molecule has 0 aliphatic heterocycles. The van der Waals surface area contributed by atoms with Crippen molar-refractivity contribution >= 4 is 23.6 Å². The van der Waals surface area contributed by atoms with Crippen LogP contribution in [-0.4, -0.2) is 30.7 Å². The molecule has 0 radical (unpaired) electrons. The molecular weight excluding hydrogens is 406 g/mol. The lowest BCUT2D eigenvalue weighted by molar-refractivity contribution is -0.112. The van der Waals surface area contributed by atoms with Crippen molar-refractivity contribution < 1.29 is 19.1 Å². The predicted molar refractivity (Wildman–Crippen MR) is 122 cm³/mol. The monoisotopic (exact) mass is 429 g/mol. The molecule has 2 aromatic carbocycles. The third-order valence-electron chi connectivity index (χ3n) is 5.01. The van der Waals surface area contributed by atoms with E-state index in [0.29, 0.717) is 17.0 Å². The maximum atomic E-state index is 12.6. The normalized spacial score (nSPS) is 10.9. The predicted octanol–water partition coefficient (Wildman–Crippen LogP) is 4.44. The molecule has 0 fully saturated rings. The van der Waals surface area contributed by atoms with Crippen LogP contribution < -0.4 is 10.1 Å². The number of benzene rings is 2. The molecule has 0 aliphatic carbocycles. The van der Waals surface area contributed by atoms with Crippen LogP contribution in [-0.2, 0) is 9.53 Å². The summed E-state index contributed by atoms with van der Waals surface area (Å²) >= 11 is 0. The average Bonchev–Trinajstić information content (AvgIpc) is 3.09. The fourth-order valence-corrected chi connectivity index (χ4v) is 3.40. The largest absolute Gasteiger partial charge is 0.497 e. The first-order valence-electron chi connectivity index (χ1n) is 9.82. The van der Waals surface area contributed by atoms with E-state index in [9.17, 15) is 14.9 Å². The van der Waals surface area contributed by atoms with Gasteiger partial charge in [-0.05, 0) is 74.0 Å². The molecule has 3 rings (SSSR count). The highest BCUT2D eigenvalue weighted by Gasteiger charge is 2.15. The topological polar surface area (TPSA) is 93.4 Å². The second-order valence-electron chi connectivity index (χ2n) is 7.06. The molecule has 3 aromatic rings. The van der Waals surface area contributed by atoms with Crippen LogP contribution in [0.3, 0.4) is 0 Å². The van der Waals surface area contributed by atoms with Crippen LogP contribution in [0.15, 0.2) is 60.2 Å². The molecule has 0 unspecified atom stereocenters. The van der Waals surface area contributed by atoms with Gasteiger partial charge in [-0.2, -0.15) is 5.26 Å². The Morgan fingerprint density at radius 1 is 1.06 bits per heavy atom. The summed E-state index contributed by atoms with van der Waals surface area (Å²) in [6.45, 7) is 3.80. The van der Waals surface area contributed by atoms with Crippen LogP contribution in [0.4, 0.5) is 5.69 Å². The number of nitrogens with zero attached hydrogens (tertiary/aromatic N) is 2. The van der Waals surface area contributed by atoms with Gasteiger partial charge in [0.1, 0.15) is 17.4 Å². The molecule has 0 spiro atoms. The van der Waals surface area contributed by atoms with Gasteiger partial charge in [-0.15, -0.1) is 0 Å². The number of nitriles is 1. The lowest BCUT2D eigenvalue weighted by atomic mass is 10.1. The lowest BCUT2D eigenvalue weighted by Gasteiger charge is -2.11. The molecule has 1 aromatic heterocycles. The van der Waals surface area contributed by atoms with E-state index in [0.717, 1.165) is 22.6 Å². The van der Waals surface area contributed by atoms with Crippen LogP contribution in [0.5, 0.6) is 5.75 Å². The van der Waals surface area contributed by atoms with Gasteiger partial charge in [-0.3, -0.25) is 4.79 Å². The number of ether oxygens (including phenoxy) is 2. The quantitative estimate of drug-likeness (QED) is 0.355. The zero-order valence-electron chi connectivity index (χ0n) is 18.3. The number of esters is 1. The van der Waals surface area contributed by atoms with Crippen molar-refractivity contribution in [3.8, 4) is 17.5 Å². The number of methoxy groups -OCH3 is 2. The molecule has 0 atom stereocenters. The zero-order valence-corrected chi connectivity index (χ0v) is 18.3. The molecule has 0 saturated carbocycles. The Labute approximate surface area is 186 Å². The number of aryl methyl sites for hydroxylation is 1. The van der Waals surface area contributed by atoms with Crippen molar-refractivity contribution in [3.05, 3.63) is 82.7 Å². The minimum atomic E-state index is -0.504. The highest BCUT2D eigenvalue weighted by molar-refractivity contribution is 6.09. The van der Waals surface area contributed by atoms with E-state index in [1.807, 2.05) is 36.6 Å². The summed E-state index contributed by atoms with van der Waals surface area (Å²) < 4.78 is 11.9. The number of carbonyl (C=O) groups excluding carboxylic acids is 2. The number of carbonyl (C=O) groups is 2. The van der Waals surface area contributed by atoms with E-state index in [-0.39, 0.29) is 5.57 Å². The van der Waals surface area contributed by atoms with Gasteiger partial charge in [0.25, 0.3) is 5.91 Å². The molecule has 32 heavy (non-hydrogen) atoms. The van der Waals surface area contributed by atoms with Gasteiger partial charge >= 0.3 is 5.97 Å². The molecule has 1 heterocycles. The van der Waals surface area contributed by atoms with Crippen molar-refractivity contribution in [2.24, 2.45) is 0 Å². The fourth-order valence-electron chi connectivity index (χ4n) is 3.40. The molecular formula is C25H23N3O4. The number of hydrogen-bond acceptors (Lipinski definition) is 5. The fraction of sp³-hybridized carbons (Fsp3) is 0.160. The summed E-state index contributed by atoms with van der Waals surface area (Å²) in [5.74, 6) is -0.255. The van der Waals surface area contributed by atoms with Gasteiger partial charge in [-0.25, -0.2) is 4.79 Å². The highest BCUT2D eigenvalue weighted by atomic mass is 16.5. The second-order valence-corrected chi connectivity index (χ2v) is 7.06. The summed E-state index contributed by atoms with van der Waals surface area (Å²) in [4.78, 5) is 24.5. The number of rotatable bonds is 6. The van der Waals surface area contributed by atoms with E-state index in [2.05, 4.69) is 5.32 Å². The van der Waals surface area contributed by atoms with E-state index in [4.69, 9.17) is 9.47 Å². The first-order valence-corrected chi connectivity index (χ1v) is 9.82. The van der Waals surface area contributed by atoms with Gasteiger partial charge in [0.2, 0.25) is 0 Å². The Morgan fingerprint density at radius 2 is 1.78 bits per heavy atom. The van der Waals surface area contributed by atoms with Crippen molar-refractivity contribution in [2.45, 2.75) is 13.8 Å². The number of aromatic nitrogens is 1. The Balaban J connectivity index is 1.91. The Hall–Kier alpha value is -4.31. The molecule has 162 valence electrons. The van der Waals surface area contributed by atoms with Crippen molar-refractivity contribution in [1.82, 2.24) is 4.57 Å². The zero-order chi connectivity index (χ0) is 23.3. The molecule has 0 saturated heterocycles. The smallest absolute Gasteiger partial charge is 0.337 e. The van der Waals surface area contributed by atoms with Crippen molar-refractivity contribution in [3.63, 3.8) is 0 Å². The van der Waals surface area contributed by atoms with Crippen LogP contribution in [0.2, 0.25) is 0 Å². The standard InChI is InChI=1S/C25H23N3O4/c1-16-12-19(17(2)28(16)22-7-5-6-18(14-22)25(30)32-4)13-20(15-26)24(29)27-21-8-10-23(31-3)11-9-21/h5-14H,1-4H3,(H,27,29). The van der Waals surface area contributed by atoms with Crippen molar-refractivity contribution in [1.29, 1.82) is 5.26 Å². The van der Waals surface area contributed by atoms with E-state index in [1.54, 1.807) is 55.7 Å². The molecule has 0 bridgehead atoms. The number of anilines is 1. The maximum absolute atomic E-state index is 12.6. The minimum absolute atomic E-state index is 0.0237. The third-order valence-corrected chi connectivity index (χ3v) is 5.01. The maximum Gasteiger partial charge on any atom is 0.337 e. The number of hydrogen-bond donors (Lipinski definition) is 1. The number of amides is 1.